The molecule has 2 aliphatic heterocycles. The van der Waals surface area contributed by atoms with Crippen LogP contribution in [-0.4, -0.2) is 41.9 Å². The molecule has 0 saturated carbocycles. The van der Waals surface area contributed by atoms with Crippen LogP contribution in [0.25, 0.3) is 11.1 Å². The molecule has 3 heteroatoms. The fraction of sp³-hybridized carbons (Fsp3) is 0.480. The van der Waals surface area contributed by atoms with Crippen molar-refractivity contribution in [1.82, 2.24) is 9.80 Å². The first-order valence-corrected chi connectivity index (χ1v) is 10.9. The van der Waals surface area contributed by atoms with Gasteiger partial charge in [0.05, 0.1) is 0 Å². The lowest BCUT2D eigenvalue weighted by atomic mass is 9.94. The maximum absolute atomic E-state index is 11.0. The molecule has 4 rings (SSSR count). The highest BCUT2D eigenvalue weighted by molar-refractivity contribution is 5.65. The molecule has 2 aromatic rings. The summed E-state index contributed by atoms with van der Waals surface area (Å²) in [6.45, 7) is 10.4. The minimum Gasteiger partial charge on any atom is -0.341 e. The van der Waals surface area contributed by atoms with Crippen molar-refractivity contribution in [3.8, 4) is 11.1 Å². The average Bonchev–Trinajstić information content (AvgIpc) is 3.18. The quantitative estimate of drug-likeness (QED) is 0.690. The number of nitrogens with zero attached hydrogens (tertiary/aromatic N) is 2. The monoisotopic (exact) mass is 378 g/mol. The first-order chi connectivity index (χ1) is 13.7. The highest BCUT2D eigenvalue weighted by atomic mass is 16.1. The van der Waals surface area contributed by atoms with E-state index in [0.29, 0.717) is 0 Å². The molecule has 2 aliphatic rings. The van der Waals surface area contributed by atoms with Crippen LogP contribution in [0.15, 0.2) is 42.5 Å². The summed E-state index contributed by atoms with van der Waals surface area (Å²) in [6.07, 6.45) is 5.74. The van der Waals surface area contributed by atoms with Gasteiger partial charge in [0.2, 0.25) is 6.41 Å². The lowest BCUT2D eigenvalue weighted by Crippen LogP contribution is -2.29. The van der Waals surface area contributed by atoms with Crippen LogP contribution >= 0.6 is 0 Å². The van der Waals surface area contributed by atoms with Crippen molar-refractivity contribution < 1.29 is 4.79 Å². The van der Waals surface area contributed by atoms with Gasteiger partial charge in [0.25, 0.3) is 0 Å². The van der Waals surface area contributed by atoms with Crippen molar-refractivity contribution in [2.45, 2.75) is 59.0 Å². The van der Waals surface area contributed by atoms with Crippen LogP contribution in [0, 0.1) is 0 Å². The summed E-state index contributed by atoms with van der Waals surface area (Å²) in [6, 6.07) is 16.5. The average molecular weight is 379 g/mol. The Morgan fingerprint density at radius 3 is 2.43 bits per heavy atom. The van der Waals surface area contributed by atoms with Crippen LogP contribution in [-0.2, 0) is 24.2 Å². The zero-order chi connectivity index (χ0) is 19.9. The van der Waals surface area contributed by atoms with E-state index in [1.165, 1.54) is 53.7 Å². The number of carbonyl (C=O) groups excluding carboxylic acids is 1. The lowest BCUT2D eigenvalue weighted by Gasteiger charge is -2.25. The van der Waals surface area contributed by atoms with Crippen LogP contribution in [0.3, 0.4) is 0 Å². The largest absolute Gasteiger partial charge is 0.341 e. The number of carbonyl (C=O) groups is 1. The van der Waals surface area contributed by atoms with E-state index in [2.05, 4.69) is 54.3 Å². The smallest absolute Gasteiger partial charge is 0.210 e. The third kappa shape index (κ3) is 4.82. The Morgan fingerprint density at radius 1 is 1.00 bits per heavy atom. The van der Waals surface area contributed by atoms with Gasteiger partial charge in [-0.2, -0.15) is 0 Å². The number of likely N-dealkylation sites (tertiary alicyclic amines) is 1. The maximum atomic E-state index is 11.0. The van der Waals surface area contributed by atoms with Gasteiger partial charge in [0.1, 0.15) is 0 Å². The predicted octanol–water partition coefficient (Wildman–Crippen LogP) is 4.92. The van der Waals surface area contributed by atoms with Gasteiger partial charge < -0.3 is 9.80 Å². The van der Waals surface area contributed by atoms with Gasteiger partial charge in [-0.05, 0) is 67.0 Å². The van der Waals surface area contributed by atoms with Gasteiger partial charge in [0, 0.05) is 25.7 Å². The summed E-state index contributed by atoms with van der Waals surface area (Å²) in [7, 11) is 0. The molecule has 0 spiro atoms. The Bertz CT molecular complexity index is 769. The Balaban J connectivity index is 0.00000109. The molecule has 150 valence electrons. The van der Waals surface area contributed by atoms with Gasteiger partial charge in [-0.15, -0.1) is 0 Å². The summed E-state index contributed by atoms with van der Waals surface area (Å²) in [4.78, 5) is 15.4. The Hall–Kier alpha value is -2.13. The van der Waals surface area contributed by atoms with Gasteiger partial charge in [-0.25, -0.2) is 0 Å². The van der Waals surface area contributed by atoms with Crippen molar-refractivity contribution in [2.24, 2.45) is 0 Å². The standard InChI is InChI=1S/C23H28N2O.C2H6/c1-18-3-2-12-25(18)14-10-19-4-6-20(7-5-19)21-8-9-23-16-24(17-26)13-11-22(23)15-21;1-2/h4-9,15,17-18H,2-3,10-14,16H2,1H3;1-2H3. The van der Waals surface area contributed by atoms with E-state index in [1.807, 2.05) is 18.7 Å². The molecule has 1 unspecified atom stereocenters. The molecule has 28 heavy (non-hydrogen) atoms. The molecule has 0 radical (unpaired) electrons. The molecule has 0 aromatic heterocycles. The van der Waals surface area contributed by atoms with Gasteiger partial charge >= 0.3 is 0 Å². The Morgan fingerprint density at radius 2 is 1.75 bits per heavy atom. The van der Waals surface area contributed by atoms with Gasteiger partial charge in [-0.3, -0.25) is 4.79 Å². The van der Waals surface area contributed by atoms with Crippen molar-refractivity contribution in [3.63, 3.8) is 0 Å². The van der Waals surface area contributed by atoms with Crippen molar-refractivity contribution >= 4 is 6.41 Å². The van der Waals surface area contributed by atoms with E-state index >= 15 is 0 Å². The second kappa shape index (κ2) is 9.88. The molecule has 2 heterocycles. The predicted molar refractivity (Wildman–Crippen MR) is 117 cm³/mol. The Labute approximate surface area is 170 Å². The Kier molecular flexibility index (Phi) is 7.27. The maximum Gasteiger partial charge on any atom is 0.210 e. The normalized spacial score (nSPS) is 19.0. The van der Waals surface area contributed by atoms with Crippen molar-refractivity contribution in [2.75, 3.05) is 19.6 Å². The third-order valence-corrected chi connectivity index (χ3v) is 6.06. The first-order valence-electron chi connectivity index (χ1n) is 10.9. The number of benzene rings is 2. The number of fused-ring (bicyclic) bond motifs is 1. The lowest BCUT2D eigenvalue weighted by molar-refractivity contribution is -0.118. The summed E-state index contributed by atoms with van der Waals surface area (Å²) in [5.74, 6) is 0. The molecular formula is C25H34N2O. The SMILES string of the molecule is CC.CC1CCCN1CCc1ccc(-c2ccc3c(c2)CCN(C=O)C3)cc1. The molecule has 1 amide bonds. The summed E-state index contributed by atoms with van der Waals surface area (Å²) >= 11 is 0. The second-order valence-electron chi connectivity index (χ2n) is 7.78. The van der Waals surface area contributed by atoms with E-state index in [4.69, 9.17) is 0 Å². The molecule has 2 aromatic carbocycles. The van der Waals surface area contributed by atoms with E-state index in [9.17, 15) is 4.79 Å². The zero-order valence-corrected chi connectivity index (χ0v) is 17.7. The number of rotatable bonds is 5. The van der Waals surface area contributed by atoms with Crippen LogP contribution in [0.4, 0.5) is 0 Å². The van der Waals surface area contributed by atoms with E-state index < -0.39 is 0 Å². The molecule has 0 aliphatic carbocycles. The van der Waals surface area contributed by atoms with E-state index in [0.717, 1.165) is 38.4 Å². The molecule has 1 fully saturated rings. The van der Waals surface area contributed by atoms with E-state index in [-0.39, 0.29) is 0 Å². The second-order valence-corrected chi connectivity index (χ2v) is 7.78. The third-order valence-electron chi connectivity index (χ3n) is 6.06. The zero-order valence-electron chi connectivity index (χ0n) is 17.7. The minimum absolute atomic E-state index is 0.743. The summed E-state index contributed by atoms with van der Waals surface area (Å²) in [5.41, 5.74) is 6.65. The fourth-order valence-electron chi connectivity index (χ4n) is 4.31. The van der Waals surface area contributed by atoms with Gasteiger partial charge in [-0.1, -0.05) is 56.3 Å². The topological polar surface area (TPSA) is 23.6 Å². The molecule has 3 nitrogen and oxygen atoms in total. The summed E-state index contributed by atoms with van der Waals surface area (Å²) < 4.78 is 0. The molecular weight excluding hydrogens is 344 g/mol. The van der Waals surface area contributed by atoms with Crippen molar-refractivity contribution in [1.29, 1.82) is 0 Å². The molecule has 1 saturated heterocycles. The number of hydrogen-bond donors (Lipinski definition) is 0. The number of hydrogen-bond acceptors (Lipinski definition) is 2. The summed E-state index contributed by atoms with van der Waals surface area (Å²) in [5, 5.41) is 0. The molecule has 1 atom stereocenters. The molecule has 0 bridgehead atoms. The van der Waals surface area contributed by atoms with Crippen LogP contribution in [0.1, 0.15) is 50.3 Å². The van der Waals surface area contributed by atoms with Crippen molar-refractivity contribution in [3.05, 3.63) is 59.2 Å². The molecule has 0 N–H and O–H groups in total. The van der Waals surface area contributed by atoms with Gasteiger partial charge in [0.15, 0.2) is 0 Å². The first kappa shape index (κ1) is 20.6. The van der Waals surface area contributed by atoms with Crippen LogP contribution < -0.4 is 0 Å². The fourth-order valence-corrected chi connectivity index (χ4v) is 4.31. The highest BCUT2D eigenvalue weighted by Gasteiger charge is 2.19. The minimum atomic E-state index is 0.743. The number of amides is 1. The van der Waals surface area contributed by atoms with Crippen LogP contribution in [0.2, 0.25) is 0 Å². The van der Waals surface area contributed by atoms with E-state index in [1.54, 1.807) is 0 Å². The highest BCUT2D eigenvalue weighted by Crippen LogP contribution is 2.26. The van der Waals surface area contributed by atoms with Crippen LogP contribution in [0.5, 0.6) is 0 Å².